The number of carbonyl (C=O) groups excluding carboxylic acids is 1. The fraction of sp³-hybridized carbons (Fsp3) is 0.435. The summed E-state index contributed by atoms with van der Waals surface area (Å²) in [5.74, 6) is 0.805. The second-order valence-corrected chi connectivity index (χ2v) is 8.17. The van der Waals surface area contributed by atoms with Crippen molar-refractivity contribution in [1.29, 1.82) is 0 Å². The van der Waals surface area contributed by atoms with Crippen molar-refractivity contribution in [3.05, 3.63) is 65.7 Å². The Morgan fingerprint density at radius 3 is 2.54 bits per heavy atom. The van der Waals surface area contributed by atoms with Gasteiger partial charge in [0.1, 0.15) is 12.4 Å². The van der Waals surface area contributed by atoms with Gasteiger partial charge in [-0.1, -0.05) is 42.5 Å². The van der Waals surface area contributed by atoms with Crippen LogP contribution in [0.1, 0.15) is 36.8 Å². The lowest BCUT2D eigenvalue weighted by Crippen LogP contribution is -2.61. The molecule has 0 bridgehead atoms. The van der Waals surface area contributed by atoms with Gasteiger partial charge in [0.2, 0.25) is 0 Å². The molecular formula is C23H28N2O3. The van der Waals surface area contributed by atoms with Crippen LogP contribution in [0, 0.1) is 5.41 Å². The van der Waals surface area contributed by atoms with Crippen molar-refractivity contribution in [3.63, 3.8) is 0 Å². The second-order valence-electron chi connectivity index (χ2n) is 8.17. The first kappa shape index (κ1) is 18.8. The van der Waals surface area contributed by atoms with E-state index in [1.54, 1.807) is 0 Å². The van der Waals surface area contributed by atoms with Gasteiger partial charge < -0.3 is 20.1 Å². The van der Waals surface area contributed by atoms with Crippen molar-refractivity contribution >= 4 is 6.03 Å². The molecule has 2 fully saturated rings. The first-order valence-electron chi connectivity index (χ1n) is 10.1. The fourth-order valence-electron chi connectivity index (χ4n) is 4.21. The van der Waals surface area contributed by atoms with Crippen LogP contribution in [0.4, 0.5) is 4.79 Å². The van der Waals surface area contributed by atoms with Crippen molar-refractivity contribution in [3.8, 4) is 5.75 Å². The number of amides is 2. The maximum absolute atomic E-state index is 12.4. The molecule has 1 aliphatic heterocycles. The molecule has 2 amide bonds. The number of nitrogens with one attached hydrogen (secondary N) is 1. The van der Waals surface area contributed by atoms with Crippen molar-refractivity contribution < 1.29 is 14.6 Å². The van der Waals surface area contributed by atoms with Gasteiger partial charge in [-0.2, -0.15) is 0 Å². The summed E-state index contributed by atoms with van der Waals surface area (Å²) in [6, 6.07) is 17.9. The van der Waals surface area contributed by atoms with Crippen LogP contribution < -0.4 is 10.1 Å². The molecule has 1 aliphatic carbocycles. The van der Waals surface area contributed by atoms with Crippen LogP contribution in [-0.4, -0.2) is 35.2 Å². The molecule has 2 aliphatic rings. The van der Waals surface area contributed by atoms with Crippen molar-refractivity contribution in [1.82, 2.24) is 10.2 Å². The van der Waals surface area contributed by atoms with E-state index in [9.17, 15) is 9.90 Å². The third-order valence-electron chi connectivity index (χ3n) is 5.95. The van der Waals surface area contributed by atoms with Crippen LogP contribution in [0.25, 0.3) is 0 Å². The maximum Gasteiger partial charge on any atom is 0.317 e. The SMILES string of the molecule is O=C(NCc1cccc(OCc2ccccc2)c1)N1CC2(CCC(O)CC2)C1. The zero-order valence-corrected chi connectivity index (χ0v) is 16.1. The molecule has 5 nitrogen and oxygen atoms in total. The number of benzene rings is 2. The molecule has 1 saturated carbocycles. The van der Waals surface area contributed by atoms with E-state index in [1.807, 2.05) is 59.5 Å². The number of aliphatic hydroxyl groups is 1. The van der Waals surface area contributed by atoms with Crippen molar-refractivity contribution in [2.45, 2.75) is 44.9 Å². The summed E-state index contributed by atoms with van der Waals surface area (Å²) in [5.41, 5.74) is 2.40. The third-order valence-corrected chi connectivity index (χ3v) is 5.95. The maximum atomic E-state index is 12.4. The van der Waals surface area contributed by atoms with E-state index in [0.29, 0.717) is 13.2 Å². The summed E-state index contributed by atoms with van der Waals surface area (Å²) >= 11 is 0. The summed E-state index contributed by atoms with van der Waals surface area (Å²) in [4.78, 5) is 14.3. The molecule has 1 saturated heterocycles. The van der Waals surface area contributed by atoms with Gasteiger partial charge in [-0.15, -0.1) is 0 Å². The number of likely N-dealkylation sites (tertiary alicyclic amines) is 1. The Bertz CT molecular complexity index is 793. The van der Waals surface area contributed by atoms with E-state index in [-0.39, 0.29) is 17.6 Å². The molecular weight excluding hydrogens is 352 g/mol. The van der Waals surface area contributed by atoms with Gasteiger partial charge in [0.05, 0.1) is 6.10 Å². The third kappa shape index (κ3) is 4.47. The fourth-order valence-corrected chi connectivity index (χ4v) is 4.21. The van der Waals surface area contributed by atoms with Gasteiger partial charge in [-0.25, -0.2) is 4.79 Å². The smallest absolute Gasteiger partial charge is 0.317 e. The highest BCUT2D eigenvalue weighted by molar-refractivity contribution is 5.75. The van der Waals surface area contributed by atoms with Crippen LogP contribution in [0.2, 0.25) is 0 Å². The molecule has 1 heterocycles. The monoisotopic (exact) mass is 380 g/mol. The minimum absolute atomic E-state index is 0.00708. The highest BCUT2D eigenvalue weighted by Crippen LogP contribution is 2.43. The number of nitrogens with zero attached hydrogens (tertiary/aromatic N) is 1. The van der Waals surface area contributed by atoms with Gasteiger partial charge in [0.25, 0.3) is 0 Å². The number of rotatable bonds is 5. The van der Waals surface area contributed by atoms with E-state index < -0.39 is 0 Å². The molecule has 4 rings (SSSR count). The normalized spacial score (nSPS) is 18.5. The highest BCUT2D eigenvalue weighted by atomic mass is 16.5. The van der Waals surface area contributed by atoms with Crippen LogP contribution in [0.3, 0.4) is 0 Å². The molecule has 0 atom stereocenters. The lowest BCUT2D eigenvalue weighted by atomic mass is 9.68. The van der Waals surface area contributed by atoms with E-state index >= 15 is 0 Å². The number of hydrogen-bond acceptors (Lipinski definition) is 3. The number of carbonyl (C=O) groups is 1. The van der Waals surface area contributed by atoms with E-state index in [1.165, 1.54) is 0 Å². The molecule has 2 N–H and O–H groups in total. The summed E-state index contributed by atoms with van der Waals surface area (Å²) in [6.07, 6.45) is 3.64. The van der Waals surface area contributed by atoms with Gasteiger partial charge in [0.15, 0.2) is 0 Å². The number of hydrogen-bond donors (Lipinski definition) is 2. The molecule has 0 radical (unpaired) electrons. The number of ether oxygens (including phenoxy) is 1. The first-order chi connectivity index (χ1) is 13.6. The predicted molar refractivity (Wildman–Crippen MR) is 108 cm³/mol. The molecule has 148 valence electrons. The lowest BCUT2D eigenvalue weighted by Gasteiger charge is -2.52. The van der Waals surface area contributed by atoms with E-state index in [2.05, 4.69) is 5.32 Å². The molecule has 28 heavy (non-hydrogen) atoms. The van der Waals surface area contributed by atoms with Crippen LogP contribution in [-0.2, 0) is 13.2 Å². The van der Waals surface area contributed by atoms with Gasteiger partial charge in [0, 0.05) is 25.0 Å². The Morgan fingerprint density at radius 1 is 1.07 bits per heavy atom. The Balaban J connectivity index is 1.23. The minimum atomic E-state index is -0.148. The molecule has 0 aromatic heterocycles. The second kappa shape index (κ2) is 8.23. The molecule has 1 spiro atoms. The molecule has 2 aromatic carbocycles. The average molecular weight is 380 g/mol. The van der Waals surface area contributed by atoms with Crippen LogP contribution in [0.5, 0.6) is 5.75 Å². The summed E-state index contributed by atoms with van der Waals surface area (Å²) in [6.45, 7) is 2.64. The summed E-state index contributed by atoms with van der Waals surface area (Å²) < 4.78 is 5.86. The molecule has 5 heteroatoms. The Hall–Kier alpha value is -2.53. The van der Waals surface area contributed by atoms with Crippen molar-refractivity contribution in [2.75, 3.05) is 13.1 Å². The first-order valence-corrected chi connectivity index (χ1v) is 10.1. The van der Waals surface area contributed by atoms with E-state index in [4.69, 9.17) is 4.74 Å². The van der Waals surface area contributed by atoms with Gasteiger partial charge in [-0.05, 0) is 48.9 Å². The Kier molecular flexibility index (Phi) is 5.53. The quantitative estimate of drug-likeness (QED) is 0.831. The Labute approximate surface area is 166 Å². The largest absolute Gasteiger partial charge is 0.489 e. The number of urea groups is 1. The summed E-state index contributed by atoms with van der Waals surface area (Å²) in [7, 11) is 0. The topological polar surface area (TPSA) is 61.8 Å². The predicted octanol–water partition coefficient (Wildman–Crippen LogP) is 3.71. The van der Waals surface area contributed by atoms with Crippen LogP contribution >= 0.6 is 0 Å². The van der Waals surface area contributed by atoms with E-state index in [0.717, 1.165) is 55.6 Å². The summed E-state index contributed by atoms with van der Waals surface area (Å²) in [5, 5.41) is 12.7. The zero-order valence-electron chi connectivity index (χ0n) is 16.1. The minimum Gasteiger partial charge on any atom is -0.489 e. The standard InChI is InChI=1S/C23H28N2O3/c26-20-9-11-23(12-10-20)16-25(17-23)22(27)24-14-19-7-4-8-21(13-19)28-15-18-5-2-1-3-6-18/h1-8,13,20,26H,9-12,14-17H2,(H,24,27). The zero-order chi connectivity index (χ0) is 19.4. The number of aliphatic hydroxyl groups excluding tert-OH is 1. The Morgan fingerprint density at radius 2 is 1.79 bits per heavy atom. The highest BCUT2D eigenvalue weighted by Gasteiger charge is 2.46. The van der Waals surface area contributed by atoms with Gasteiger partial charge in [-0.3, -0.25) is 0 Å². The van der Waals surface area contributed by atoms with Crippen LogP contribution in [0.15, 0.2) is 54.6 Å². The molecule has 0 unspecified atom stereocenters. The molecule has 2 aromatic rings. The lowest BCUT2D eigenvalue weighted by molar-refractivity contribution is -0.0309. The van der Waals surface area contributed by atoms with Gasteiger partial charge >= 0.3 is 6.03 Å². The average Bonchev–Trinajstić information content (AvgIpc) is 2.71. The van der Waals surface area contributed by atoms with Crippen molar-refractivity contribution in [2.24, 2.45) is 5.41 Å².